The molecule has 6 heteroatoms. The van der Waals surface area contributed by atoms with E-state index in [4.69, 9.17) is 23.2 Å². The smallest absolute Gasteiger partial charge is 0.257 e. The highest BCUT2D eigenvalue weighted by atomic mass is 35.5. The largest absolute Gasteiger partial charge is 0.348 e. The molecule has 0 aliphatic heterocycles. The molecule has 1 amide bonds. The number of amides is 1. The Morgan fingerprint density at radius 3 is 2.45 bits per heavy atom. The number of carbonyl (C=O) groups excluding carboxylic acids is 1. The summed E-state index contributed by atoms with van der Waals surface area (Å²) >= 11 is 12.0. The van der Waals surface area contributed by atoms with E-state index in [9.17, 15) is 13.6 Å². The summed E-state index contributed by atoms with van der Waals surface area (Å²) in [7, 11) is 0. The molecule has 1 aliphatic rings. The Balaban J connectivity index is 1.72. The Hall–Kier alpha value is -1.65. The summed E-state index contributed by atoms with van der Waals surface area (Å²) in [4.78, 5) is 12.0. The summed E-state index contributed by atoms with van der Waals surface area (Å²) in [5, 5.41) is 3.68. The normalized spacial score (nSPS) is 19.8. The standard InChI is InChI=1S/C16H11Cl2F2NO/c17-8-4-5-9(11(18)6-8)10-7-14(10)21-16(22)15-12(19)2-1-3-13(15)20/h1-6,10,14H,7H2,(H,21,22). The first-order valence-corrected chi connectivity index (χ1v) is 7.43. The lowest BCUT2D eigenvalue weighted by molar-refractivity contribution is 0.0942. The lowest BCUT2D eigenvalue weighted by Gasteiger charge is -2.08. The molecule has 2 aromatic rings. The van der Waals surface area contributed by atoms with Crippen molar-refractivity contribution in [3.8, 4) is 0 Å². The molecule has 0 bridgehead atoms. The second kappa shape index (κ2) is 5.86. The number of nitrogens with one attached hydrogen (secondary N) is 1. The Bertz CT molecular complexity index is 731. The number of hydrogen-bond acceptors (Lipinski definition) is 1. The van der Waals surface area contributed by atoms with Crippen LogP contribution in [0.2, 0.25) is 10.0 Å². The average Bonchev–Trinajstić information content (AvgIpc) is 3.17. The molecule has 2 unspecified atom stereocenters. The number of hydrogen-bond donors (Lipinski definition) is 1. The molecule has 1 saturated carbocycles. The van der Waals surface area contributed by atoms with Gasteiger partial charge >= 0.3 is 0 Å². The first-order valence-electron chi connectivity index (χ1n) is 6.67. The third-order valence-electron chi connectivity index (χ3n) is 3.66. The molecule has 2 atom stereocenters. The van der Waals surface area contributed by atoms with Gasteiger partial charge in [0.05, 0.1) is 0 Å². The zero-order chi connectivity index (χ0) is 15.9. The van der Waals surface area contributed by atoms with Gasteiger partial charge in [-0.05, 0) is 36.2 Å². The van der Waals surface area contributed by atoms with Gasteiger partial charge in [-0.3, -0.25) is 4.79 Å². The van der Waals surface area contributed by atoms with Crippen LogP contribution < -0.4 is 5.32 Å². The van der Waals surface area contributed by atoms with Gasteiger partial charge in [0.1, 0.15) is 17.2 Å². The minimum Gasteiger partial charge on any atom is -0.348 e. The minimum absolute atomic E-state index is 0.0311. The van der Waals surface area contributed by atoms with E-state index in [-0.39, 0.29) is 12.0 Å². The van der Waals surface area contributed by atoms with Crippen LogP contribution in [0.4, 0.5) is 8.78 Å². The van der Waals surface area contributed by atoms with E-state index in [1.807, 2.05) is 0 Å². The first kappa shape index (κ1) is 15.3. The lowest BCUT2D eigenvalue weighted by Crippen LogP contribution is -2.28. The van der Waals surface area contributed by atoms with Gasteiger partial charge in [0.2, 0.25) is 0 Å². The van der Waals surface area contributed by atoms with Crippen molar-refractivity contribution in [2.75, 3.05) is 0 Å². The predicted octanol–water partition coefficient (Wildman–Crippen LogP) is 4.56. The highest BCUT2D eigenvalue weighted by molar-refractivity contribution is 6.35. The molecule has 2 aromatic carbocycles. The van der Waals surface area contributed by atoms with Gasteiger partial charge in [0.15, 0.2) is 0 Å². The summed E-state index contributed by atoms with van der Waals surface area (Å²) in [6, 6.07) is 8.28. The van der Waals surface area contributed by atoms with Crippen LogP contribution in [0.15, 0.2) is 36.4 Å². The van der Waals surface area contributed by atoms with Gasteiger partial charge in [-0.25, -0.2) is 8.78 Å². The highest BCUT2D eigenvalue weighted by Gasteiger charge is 2.41. The summed E-state index contributed by atoms with van der Waals surface area (Å²) in [6.45, 7) is 0. The third-order valence-corrected chi connectivity index (χ3v) is 4.22. The number of carbonyl (C=O) groups is 1. The quantitative estimate of drug-likeness (QED) is 0.871. The molecule has 0 heterocycles. The van der Waals surface area contributed by atoms with Crippen molar-refractivity contribution in [2.45, 2.75) is 18.4 Å². The van der Waals surface area contributed by atoms with Crippen molar-refractivity contribution in [1.29, 1.82) is 0 Å². The summed E-state index contributed by atoms with van der Waals surface area (Å²) < 4.78 is 27.1. The maximum Gasteiger partial charge on any atom is 0.257 e. The second-order valence-electron chi connectivity index (χ2n) is 5.18. The molecule has 1 fully saturated rings. The van der Waals surface area contributed by atoms with Crippen molar-refractivity contribution >= 4 is 29.1 Å². The van der Waals surface area contributed by atoms with Crippen molar-refractivity contribution in [1.82, 2.24) is 5.32 Å². The molecule has 3 rings (SSSR count). The lowest BCUT2D eigenvalue weighted by atomic mass is 10.1. The topological polar surface area (TPSA) is 29.1 Å². The fourth-order valence-electron chi connectivity index (χ4n) is 2.46. The number of benzene rings is 2. The van der Waals surface area contributed by atoms with Crippen LogP contribution in [0.25, 0.3) is 0 Å². The van der Waals surface area contributed by atoms with Crippen molar-refractivity contribution < 1.29 is 13.6 Å². The second-order valence-corrected chi connectivity index (χ2v) is 6.03. The van der Waals surface area contributed by atoms with E-state index in [2.05, 4.69) is 5.32 Å². The average molecular weight is 342 g/mol. The maximum atomic E-state index is 13.6. The zero-order valence-corrected chi connectivity index (χ0v) is 12.8. The summed E-state index contributed by atoms with van der Waals surface area (Å²) in [5.74, 6) is -2.48. The molecular formula is C16H11Cl2F2NO. The molecule has 0 spiro atoms. The Morgan fingerprint density at radius 1 is 1.14 bits per heavy atom. The van der Waals surface area contributed by atoms with Crippen molar-refractivity contribution in [3.63, 3.8) is 0 Å². The molecule has 0 saturated heterocycles. The van der Waals surface area contributed by atoms with E-state index in [0.29, 0.717) is 16.5 Å². The van der Waals surface area contributed by atoms with Gasteiger partial charge in [-0.15, -0.1) is 0 Å². The molecule has 1 N–H and O–H groups in total. The SMILES string of the molecule is O=C(NC1CC1c1ccc(Cl)cc1Cl)c1c(F)cccc1F. The van der Waals surface area contributed by atoms with E-state index in [0.717, 1.165) is 17.7 Å². The van der Waals surface area contributed by atoms with E-state index in [1.54, 1.807) is 18.2 Å². The van der Waals surface area contributed by atoms with Gasteiger partial charge in [0, 0.05) is 22.0 Å². The van der Waals surface area contributed by atoms with Crippen LogP contribution in [0, 0.1) is 11.6 Å². The Morgan fingerprint density at radius 2 is 1.82 bits per heavy atom. The van der Waals surface area contributed by atoms with Crippen LogP contribution in [-0.4, -0.2) is 11.9 Å². The fourth-order valence-corrected chi connectivity index (χ4v) is 3.00. The monoisotopic (exact) mass is 341 g/mol. The minimum atomic E-state index is -0.876. The Kier molecular flexibility index (Phi) is 4.06. The van der Waals surface area contributed by atoms with Crippen LogP contribution in [0.5, 0.6) is 0 Å². The van der Waals surface area contributed by atoms with E-state index in [1.165, 1.54) is 6.07 Å². The van der Waals surface area contributed by atoms with Crippen molar-refractivity contribution in [2.24, 2.45) is 0 Å². The zero-order valence-electron chi connectivity index (χ0n) is 11.2. The Labute approximate surface area is 136 Å². The van der Waals surface area contributed by atoms with E-state index < -0.39 is 23.1 Å². The maximum absolute atomic E-state index is 13.6. The third kappa shape index (κ3) is 2.94. The van der Waals surface area contributed by atoms with Gasteiger partial charge in [-0.2, -0.15) is 0 Å². The van der Waals surface area contributed by atoms with Gasteiger partial charge in [0.25, 0.3) is 5.91 Å². The van der Waals surface area contributed by atoms with Gasteiger partial charge < -0.3 is 5.32 Å². The molecule has 1 aliphatic carbocycles. The van der Waals surface area contributed by atoms with Gasteiger partial charge in [-0.1, -0.05) is 35.3 Å². The summed E-state index contributed by atoms with van der Waals surface area (Å²) in [5.41, 5.74) is 0.306. The fraction of sp³-hybridized carbons (Fsp3) is 0.188. The number of rotatable bonds is 3. The molecular weight excluding hydrogens is 331 g/mol. The molecule has 114 valence electrons. The molecule has 0 radical (unpaired) electrons. The molecule has 2 nitrogen and oxygen atoms in total. The van der Waals surface area contributed by atoms with E-state index >= 15 is 0 Å². The summed E-state index contributed by atoms with van der Waals surface area (Å²) in [6.07, 6.45) is 0.670. The van der Waals surface area contributed by atoms with Crippen LogP contribution in [0.1, 0.15) is 28.3 Å². The number of halogens is 4. The van der Waals surface area contributed by atoms with Crippen LogP contribution >= 0.6 is 23.2 Å². The predicted molar refractivity (Wildman–Crippen MR) is 81.4 cm³/mol. The first-order chi connectivity index (χ1) is 10.5. The van der Waals surface area contributed by atoms with Crippen molar-refractivity contribution in [3.05, 3.63) is 69.2 Å². The van der Waals surface area contributed by atoms with Crippen LogP contribution in [0.3, 0.4) is 0 Å². The van der Waals surface area contributed by atoms with Crippen LogP contribution in [-0.2, 0) is 0 Å². The molecule has 22 heavy (non-hydrogen) atoms. The molecule has 0 aromatic heterocycles. The highest BCUT2D eigenvalue weighted by Crippen LogP contribution is 2.44.